The number of aromatic amines is 1. The standard InChI is InChI=1S/C47H51ClFN9O7S2/c1-46(2)14-12-33(38(27-46)31-4-6-34(48)7-5-31)29-55-20-22-56(23-21-55)35-8-10-37(41(25-35)58-42-24-32-13-17-50-44(32)52-40(42)28-51-58)45(59)54-67(63,64)36-9-11-43(39(26-36)53-60)65-30-47(49)15-18-57(19-16-47)66(3,61)62/h4-11,13,17,24-26,28,51H,12,14-16,18-23,27,29-30H2,1-3H3,(H,54,59). The van der Waals surface area contributed by atoms with Crippen molar-refractivity contribution in [2.45, 2.75) is 56.5 Å². The molecule has 1 amide bonds. The van der Waals surface area contributed by atoms with Crippen molar-refractivity contribution in [1.29, 1.82) is 0 Å². The van der Waals surface area contributed by atoms with Crippen LogP contribution >= 0.6 is 11.6 Å². The average molecular weight is 973 g/mol. The zero-order chi connectivity index (χ0) is 47.3. The summed E-state index contributed by atoms with van der Waals surface area (Å²) >= 11 is 6.25. The van der Waals surface area contributed by atoms with Gasteiger partial charge in [0, 0.05) is 74.3 Å². The maximum absolute atomic E-state index is 15.6. The number of benzene rings is 3. The van der Waals surface area contributed by atoms with Crippen molar-refractivity contribution in [1.82, 2.24) is 33.7 Å². The maximum atomic E-state index is 15.6. The van der Waals surface area contributed by atoms with Crippen LogP contribution in [-0.4, -0.2) is 116 Å². The van der Waals surface area contributed by atoms with Gasteiger partial charge in [-0.25, -0.2) is 40.2 Å². The predicted octanol–water partition coefficient (Wildman–Crippen LogP) is 8.00. The molecule has 67 heavy (non-hydrogen) atoms. The average Bonchev–Trinajstić information content (AvgIpc) is 3.94. The molecular formula is C47H51ClFN9O7S2. The van der Waals surface area contributed by atoms with Crippen molar-refractivity contribution in [2.75, 3.05) is 63.6 Å². The predicted molar refractivity (Wildman–Crippen MR) is 257 cm³/mol. The molecule has 2 aliphatic heterocycles. The summed E-state index contributed by atoms with van der Waals surface area (Å²) in [5.74, 6) is -1.11. The van der Waals surface area contributed by atoms with Crippen LogP contribution in [0.25, 0.3) is 33.3 Å². The lowest BCUT2D eigenvalue weighted by Crippen LogP contribution is -2.47. The number of piperazine rings is 1. The number of sulfonamides is 2. The van der Waals surface area contributed by atoms with E-state index in [-0.39, 0.29) is 42.7 Å². The quantitative estimate of drug-likeness (QED) is 0.107. The zero-order valence-electron chi connectivity index (χ0n) is 37.3. The molecule has 0 radical (unpaired) electrons. The zero-order valence-corrected chi connectivity index (χ0v) is 39.7. The number of nitroso groups, excluding NO2 is 1. The topological polar surface area (TPSA) is 192 Å². The number of allylic oxidation sites excluding steroid dienone is 1. The van der Waals surface area contributed by atoms with Gasteiger partial charge in [0.15, 0.2) is 11.3 Å². The first-order chi connectivity index (χ1) is 31.9. The van der Waals surface area contributed by atoms with Crippen molar-refractivity contribution in [3.8, 4) is 11.4 Å². The number of carbonyl (C=O) groups is 1. The molecule has 16 nitrogen and oxygen atoms in total. The van der Waals surface area contributed by atoms with Gasteiger partial charge in [-0.3, -0.25) is 19.5 Å². The van der Waals surface area contributed by atoms with E-state index in [9.17, 15) is 26.5 Å². The van der Waals surface area contributed by atoms with Gasteiger partial charge in [0.1, 0.15) is 23.5 Å². The SMILES string of the molecule is CC1(C)CCC(CN2CCN(c3ccc(C(=O)NS(=O)(=O)c4ccc(OCC5(F)CCN(S(C)(=O)=O)CC5)c(N=O)c4)c(-n4[nH]cc5nc6nccc6cc54)c3)CC2)=C(c2ccc(Cl)cc2)C1. The molecule has 0 spiro atoms. The highest BCUT2D eigenvalue weighted by Gasteiger charge is 2.38. The maximum Gasteiger partial charge on any atom is 0.267 e. The fraction of sp³-hybridized carbons (Fsp3) is 0.383. The first-order valence-electron chi connectivity index (χ1n) is 22.1. The Bertz CT molecular complexity index is 3140. The Labute approximate surface area is 393 Å². The lowest BCUT2D eigenvalue weighted by atomic mass is 9.72. The Balaban J connectivity index is 0.948. The van der Waals surface area contributed by atoms with E-state index in [1.165, 1.54) is 27.1 Å². The number of piperidine rings is 1. The smallest absolute Gasteiger partial charge is 0.267 e. The van der Waals surface area contributed by atoms with Gasteiger partial charge in [0.05, 0.1) is 27.9 Å². The van der Waals surface area contributed by atoms with Crippen molar-refractivity contribution in [3.05, 3.63) is 112 Å². The molecule has 5 heterocycles. The number of H-pyrrole nitrogens is 1. The van der Waals surface area contributed by atoms with Gasteiger partial charge in [0.2, 0.25) is 10.0 Å². The van der Waals surface area contributed by atoms with Crippen LogP contribution in [0.1, 0.15) is 61.9 Å². The molecule has 2 fully saturated rings. The normalized spacial score (nSPS) is 18.4. The molecule has 0 atom stereocenters. The van der Waals surface area contributed by atoms with E-state index in [0.717, 1.165) is 73.4 Å². The van der Waals surface area contributed by atoms with Crippen LogP contribution in [0.5, 0.6) is 5.75 Å². The van der Waals surface area contributed by atoms with E-state index in [1.54, 1.807) is 29.2 Å². The number of rotatable bonds is 13. The number of ether oxygens (including phenoxy) is 1. The number of carbonyl (C=O) groups excluding carboxylic acids is 1. The molecule has 2 saturated heterocycles. The minimum Gasteiger partial charge on any atom is -0.488 e. The highest BCUT2D eigenvalue weighted by molar-refractivity contribution is 7.90. The van der Waals surface area contributed by atoms with Crippen molar-refractivity contribution in [2.24, 2.45) is 10.6 Å². The van der Waals surface area contributed by atoms with E-state index in [0.29, 0.717) is 35.5 Å². The number of nitrogens with one attached hydrogen (secondary N) is 2. The van der Waals surface area contributed by atoms with Gasteiger partial charge in [-0.15, -0.1) is 4.91 Å². The Morgan fingerprint density at radius 2 is 1.69 bits per heavy atom. The molecule has 0 bridgehead atoms. The summed E-state index contributed by atoms with van der Waals surface area (Å²) in [6.45, 7) is 7.98. The molecule has 3 aromatic heterocycles. The van der Waals surface area contributed by atoms with Crippen LogP contribution in [0.4, 0.5) is 15.8 Å². The number of amides is 1. The summed E-state index contributed by atoms with van der Waals surface area (Å²) in [6.07, 6.45) is 7.30. The molecule has 3 aliphatic rings. The molecule has 20 heteroatoms. The monoisotopic (exact) mass is 971 g/mol. The Morgan fingerprint density at radius 3 is 2.40 bits per heavy atom. The van der Waals surface area contributed by atoms with E-state index in [4.69, 9.17) is 16.3 Å². The number of aromatic nitrogens is 4. The van der Waals surface area contributed by atoms with Gasteiger partial charge in [-0.1, -0.05) is 43.2 Å². The molecule has 352 valence electrons. The van der Waals surface area contributed by atoms with Gasteiger partial charge < -0.3 is 9.64 Å². The number of anilines is 1. The summed E-state index contributed by atoms with van der Waals surface area (Å²) in [6, 6.07) is 20.4. The lowest BCUT2D eigenvalue weighted by molar-refractivity contribution is 0.0371. The highest BCUT2D eigenvalue weighted by Crippen LogP contribution is 2.43. The van der Waals surface area contributed by atoms with Crippen molar-refractivity contribution >= 4 is 76.6 Å². The van der Waals surface area contributed by atoms with Gasteiger partial charge in [-0.05, 0) is 114 Å². The molecular weight excluding hydrogens is 921 g/mol. The van der Waals surface area contributed by atoms with Crippen LogP contribution < -0.4 is 14.4 Å². The molecule has 2 N–H and O–H groups in total. The second-order valence-electron chi connectivity index (χ2n) is 18.5. The second kappa shape index (κ2) is 18.1. The number of pyridine rings is 1. The number of hydrogen-bond acceptors (Lipinski definition) is 12. The van der Waals surface area contributed by atoms with Crippen LogP contribution in [-0.2, 0) is 20.0 Å². The van der Waals surface area contributed by atoms with Crippen LogP contribution in [0.15, 0.2) is 101 Å². The van der Waals surface area contributed by atoms with E-state index < -0.39 is 48.8 Å². The number of alkyl halides is 1. The largest absolute Gasteiger partial charge is 0.488 e. The number of nitrogens with zero attached hydrogens (tertiary/aromatic N) is 7. The molecule has 3 aromatic carbocycles. The van der Waals surface area contributed by atoms with Crippen LogP contribution in [0, 0.1) is 10.3 Å². The fourth-order valence-corrected chi connectivity index (χ4v) is 11.2. The molecule has 0 saturated carbocycles. The molecule has 6 aromatic rings. The van der Waals surface area contributed by atoms with Gasteiger partial charge in [-0.2, -0.15) is 0 Å². The Morgan fingerprint density at radius 1 is 0.940 bits per heavy atom. The van der Waals surface area contributed by atoms with E-state index in [1.807, 2.05) is 30.3 Å². The summed E-state index contributed by atoms with van der Waals surface area (Å²) in [5, 5.41) is 7.63. The summed E-state index contributed by atoms with van der Waals surface area (Å²) in [5.41, 5.74) is 4.98. The second-order valence-corrected chi connectivity index (χ2v) is 22.6. The summed E-state index contributed by atoms with van der Waals surface area (Å²) < 4.78 is 77.7. The first kappa shape index (κ1) is 46.4. The third kappa shape index (κ3) is 9.97. The fourth-order valence-electron chi connectivity index (χ4n) is 9.27. The van der Waals surface area contributed by atoms with E-state index in [2.05, 4.69) is 60.7 Å². The number of halogens is 2. The van der Waals surface area contributed by atoms with Gasteiger partial charge in [0.25, 0.3) is 15.9 Å². The summed E-state index contributed by atoms with van der Waals surface area (Å²) in [4.78, 5) is 39.4. The van der Waals surface area contributed by atoms with Crippen LogP contribution in [0.2, 0.25) is 5.02 Å². The van der Waals surface area contributed by atoms with Crippen molar-refractivity contribution in [3.63, 3.8) is 0 Å². The number of fused-ring (bicyclic) bond motifs is 2. The number of hydrogen-bond donors (Lipinski definition) is 2. The van der Waals surface area contributed by atoms with E-state index >= 15 is 4.39 Å². The Hall–Kier alpha value is -5.73. The molecule has 9 rings (SSSR count). The third-order valence-electron chi connectivity index (χ3n) is 13.2. The minimum absolute atomic E-state index is 0.0335. The highest BCUT2D eigenvalue weighted by atomic mass is 35.5. The molecule has 0 unspecified atom stereocenters. The van der Waals surface area contributed by atoms with Crippen LogP contribution in [0.3, 0.4) is 0 Å². The van der Waals surface area contributed by atoms with Crippen molar-refractivity contribution < 1.29 is 30.8 Å². The summed E-state index contributed by atoms with van der Waals surface area (Å²) in [7, 11) is -8.09. The molecule has 1 aliphatic carbocycles. The Kier molecular flexibility index (Phi) is 12.5. The third-order valence-corrected chi connectivity index (χ3v) is 16.1. The minimum atomic E-state index is -4.61. The lowest BCUT2D eigenvalue weighted by Gasteiger charge is -2.39. The first-order valence-corrected chi connectivity index (χ1v) is 25.8. The van der Waals surface area contributed by atoms with Gasteiger partial charge >= 0.3 is 0 Å².